The highest BCUT2D eigenvalue weighted by atomic mass is 16.6. The van der Waals surface area contributed by atoms with E-state index in [0.717, 1.165) is 5.56 Å². The summed E-state index contributed by atoms with van der Waals surface area (Å²) in [4.78, 5) is 23.7. The number of carbonyl (C=O) groups is 2. The van der Waals surface area contributed by atoms with Crippen molar-refractivity contribution in [1.29, 1.82) is 0 Å². The molecule has 6 N–H and O–H groups in total. The summed E-state index contributed by atoms with van der Waals surface area (Å²) >= 11 is 0. The molecule has 0 saturated heterocycles. The number of esters is 2. The molecule has 0 unspecified atom stereocenters. The molecule has 0 radical (unpaired) electrons. The van der Waals surface area contributed by atoms with Crippen LogP contribution in [0.2, 0.25) is 0 Å². The lowest BCUT2D eigenvalue weighted by atomic mass is 10.1. The molecule has 0 saturated carbocycles. The van der Waals surface area contributed by atoms with Crippen molar-refractivity contribution in [1.82, 2.24) is 5.32 Å². The molecule has 122 valence electrons. The average Bonchev–Trinajstić information content (AvgIpc) is 2.51. The lowest BCUT2D eigenvalue weighted by Crippen LogP contribution is -2.42. The molecule has 7 nitrogen and oxygen atoms in total. The van der Waals surface area contributed by atoms with Crippen LogP contribution in [0.5, 0.6) is 5.75 Å². The van der Waals surface area contributed by atoms with E-state index >= 15 is 0 Å². The van der Waals surface area contributed by atoms with Crippen molar-refractivity contribution < 1.29 is 19.4 Å². The molecule has 0 spiro atoms. The highest BCUT2D eigenvalue weighted by Gasteiger charge is 2.24. The van der Waals surface area contributed by atoms with Crippen LogP contribution in [0.25, 0.3) is 0 Å². The second-order valence-corrected chi connectivity index (χ2v) is 4.99. The van der Waals surface area contributed by atoms with Crippen LogP contribution in [0.1, 0.15) is 18.4 Å². The van der Waals surface area contributed by atoms with Crippen LogP contribution in [0.15, 0.2) is 24.3 Å². The van der Waals surface area contributed by atoms with Crippen LogP contribution in [0.4, 0.5) is 0 Å². The van der Waals surface area contributed by atoms with Crippen LogP contribution in [0.3, 0.4) is 0 Å². The molecule has 0 aromatic heterocycles. The minimum absolute atomic E-state index is 0.147. The summed E-state index contributed by atoms with van der Waals surface area (Å²) < 4.78 is 4.80. The number of aromatic hydroxyl groups is 1. The van der Waals surface area contributed by atoms with E-state index in [1.165, 1.54) is 12.1 Å². The van der Waals surface area contributed by atoms with Crippen molar-refractivity contribution >= 4 is 11.9 Å². The largest absolute Gasteiger partial charge is 0.508 e. The highest BCUT2D eigenvalue weighted by molar-refractivity contribution is 5.90. The second kappa shape index (κ2) is 9.14. The summed E-state index contributed by atoms with van der Waals surface area (Å²) in [5, 5.41) is 12.0. The first-order chi connectivity index (χ1) is 10.5. The van der Waals surface area contributed by atoms with Gasteiger partial charge in [-0.2, -0.15) is 0 Å². The number of phenolic OH excluding ortho intramolecular Hbond substituents is 1. The predicted molar refractivity (Wildman–Crippen MR) is 82.0 cm³/mol. The van der Waals surface area contributed by atoms with Gasteiger partial charge in [-0.15, -0.1) is 0 Å². The topological polar surface area (TPSA) is 128 Å². The number of hydrogen-bond donors (Lipinski definition) is 4. The smallest absolute Gasteiger partial charge is 0.331 e. The Labute approximate surface area is 129 Å². The summed E-state index contributed by atoms with van der Waals surface area (Å²) in [6.45, 7) is 0.426. The molecule has 0 aliphatic carbocycles. The third-order valence-electron chi connectivity index (χ3n) is 3.23. The Bertz CT molecular complexity index is 490. The van der Waals surface area contributed by atoms with Gasteiger partial charge in [-0.25, -0.2) is 9.59 Å². The van der Waals surface area contributed by atoms with Crippen molar-refractivity contribution in [3.63, 3.8) is 0 Å². The molecule has 1 aromatic carbocycles. The lowest BCUT2D eigenvalue weighted by Gasteiger charge is -2.16. The van der Waals surface area contributed by atoms with Crippen LogP contribution < -0.4 is 16.8 Å². The number of ether oxygens (including phenoxy) is 1. The molecular formula is C15H23N3O4. The van der Waals surface area contributed by atoms with E-state index in [2.05, 4.69) is 5.32 Å². The van der Waals surface area contributed by atoms with Gasteiger partial charge in [0.25, 0.3) is 0 Å². The van der Waals surface area contributed by atoms with Crippen molar-refractivity contribution in [3.8, 4) is 5.75 Å². The summed E-state index contributed by atoms with van der Waals surface area (Å²) in [7, 11) is 1.60. The van der Waals surface area contributed by atoms with Gasteiger partial charge >= 0.3 is 11.9 Å². The fraction of sp³-hybridized carbons (Fsp3) is 0.467. The Morgan fingerprint density at radius 3 is 2.45 bits per heavy atom. The molecular weight excluding hydrogens is 286 g/mol. The molecule has 0 heterocycles. The first-order valence-electron chi connectivity index (χ1n) is 7.14. The molecule has 0 fully saturated rings. The number of carbonyl (C=O) groups excluding carboxylic acids is 2. The fourth-order valence-electron chi connectivity index (χ4n) is 1.87. The quantitative estimate of drug-likeness (QED) is 0.382. The molecule has 1 rings (SSSR count). The van der Waals surface area contributed by atoms with E-state index in [0.29, 0.717) is 25.8 Å². The van der Waals surface area contributed by atoms with Gasteiger partial charge in [-0.1, -0.05) is 12.1 Å². The molecule has 7 heteroatoms. The van der Waals surface area contributed by atoms with Gasteiger partial charge in [0.2, 0.25) is 0 Å². The van der Waals surface area contributed by atoms with Gasteiger partial charge in [0.15, 0.2) is 0 Å². The summed E-state index contributed by atoms with van der Waals surface area (Å²) in [6, 6.07) is 4.93. The van der Waals surface area contributed by atoms with E-state index in [1.807, 2.05) is 0 Å². The zero-order valence-corrected chi connectivity index (χ0v) is 12.6. The minimum Gasteiger partial charge on any atom is -0.508 e. The number of benzene rings is 1. The first kappa shape index (κ1) is 18.1. The Kier molecular flexibility index (Phi) is 7.51. The van der Waals surface area contributed by atoms with Crippen LogP contribution >= 0.6 is 0 Å². The van der Waals surface area contributed by atoms with E-state index in [-0.39, 0.29) is 5.75 Å². The maximum absolute atomic E-state index is 12.0. The standard InChI is InChI=1S/C15H23N3O4/c1-18-13(9-10-4-6-11(19)7-5-10)15(21)22-14(20)12(17)3-2-8-16/h4-7,12-13,18-19H,2-3,8-9,16-17H2,1H3/t12-,13-/m0/s1. The normalized spacial score (nSPS) is 13.4. The highest BCUT2D eigenvalue weighted by Crippen LogP contribution is 2.12. The molecule has 0 bridgehead atoms. The number of likely N-dealkylation sites (N-methyl/N-ethyl adjacent to an activating group) is 1. The number of nitrogens with one attached hydrogen (secondary N) is 1. The maximum atomic E-state index is 12.0. The van der Waals surface area contributed by atoms with E-state index in [4.69, 9.17) is 16.2 Å². The predicted octanol–water partition coefficient (Wildman–Crippen LogP) is -0.341. The zero-order chi connectivity index (χ0) is 16.5. The SMILES string of the molecule is CN[C@@H](Cc1ccc(O)cc1)C(=O)OC(=O)[C@@H](N)CCCN. The number of hydrogen-bond acceptors (Lipinski definition) is 7. The summed E-state index contributed by atoms with van der Waals surface area (Å²) in [5.41, 5.74) is 11.8. The average molecular weight is 309 g/mol. The van der Waals surface area contributed by atoms with E-state index < -0.39 is 24.0 Å². The van der Waals surface area contributed by atoms with Gasteiger partial charge in [-0.3, -0.25) is 0 Å². The third-order valence-corrected chi connectivity index (χ3v) is 3.23. The van der Waals surface area contributed by atoms with Crippen molar-refractivity contribution in [2.24, 2.45) is 11.5 Å². The molecule has 1 aromatic rings. The van der Waals surface area contributed by atoms with Crippen molar-refractivity contribution in [3.05, 3.63) is 29.8 Å². The monoisotopic (exact) mass is 309 g/mol. The molecule has 2 atom stereocenters. The molecule has 0 aliphatic heterocycles. The van der Waals surface area contributed by atoms with Gasteiger partial charge in [0.05, 0.1) is 0 Å². The lowest BCUT2D eigenvalue weighted by molar-refractivity contribution is -0.162. The summed E-state index contributed by atoms with van der Waals surface area (Å²) in [6.07, 6.45) is 1.30. The zero-order valence-electron chi connectivity index (χ0n) is 12.6. The first-order valence-corrected chi connectivity index (χ1v) is 7.14. The Hall–Kier alpha value is -1.96. The van der Waals surface area contributed by atoms with Crippen molar-refractivity contribution in [2.75, 3.05) is 13.6 Å². The fourth-order valence-corrected chi connectivity index (χ4v) is 1.87. The van der Waals surface area contributed by atoms with Crippen LogP contribution in [-0.4, -0.2) is 42.7 Å². The minimum atomic E-state index is -0.848. The van der Waals surface area contributed by atoms with E-state index in [1.54, 1.807) is 19.2 Å². The van der Waals surface area contributed by atoms with Gasteiger partial charge in [-0.05, 0) is 50.6 Å². The molecule has 0 amide bonds. The number of nitrogens with two attached hydrogens (primary N) is 2. The molecule has 0 aliphatic rings. The van der Waals surface area contributed by atoms with Gasteiger partial charge in [0.1, 0.15) is 17.8 Å². The Morgan fingerprint density at radius 2 is 1.91 bits per heavy atom. The second-order valence-electron chi connectivity index (χ2n) is 4.99. The number of phenols is 1. The maximum Gasteiger partial charge on any atom is 0.331 e. The Balaban J connectivity index is 2.56. The Morgan fingerprint density at radius 1 is 1.27 bits per heavy atom. The molecule has 22 heavy (non-hydrogen) atoms. The van der Waals surface area contributed by atoms with Gasteiger partial charge in [0, 0.05) is 0 Å². The van der Waals surface area contributed by atoms with Gasteiger partial charge < -0.3 is 26.6 Å². The van der Waals surface area contributed by atoms with Crippen molar-refractivity contribution in [2.45, 2.75) is 31.3 Å². The number of rotatable bonds is 8. The third kappa shape index (κ3) is 5.80. The van der Waals surface area contributed by atoms with Crippen LogP contribution in [0, 0.1) is 0 Å². The van der Waals surface area contributed by atoms with Crippen LogP contribution in [-0.2, 0) is 20.7 Å². The summed E-state index contributed by atoms with van der Waals surface area (Å²) in [5.74, 6) is -1.28. The van der Waals surface area contributed by atoms with E-state index in [9.17, 15) is 14.7 Å².